The maximum Gasteiger partial charge on any atom is 0.245 e. The van der Waals surface area contributed by atoms with Crippen molar-refractivity contribution in [2.45, 2.75) is 39.2 Å². The van der Waals surface area contributed by atoms with E-state index < -0.39 is 5.54 Å². The predicted molar refractivity (Wildman–Crippen MR) is 91.6 cm³/mol. The van der Waals surface area contributed by atoms with Crippen LogP contribution in [0.15, 0.2) is 30.3 Å². The number of aromatic nitrogens is 2. The number of nitrogens with one attached hydrogen (secondary N) is 1. The van der Waals surface area contributed by atoms with Gasteiger partial charge in [-0.3, -0.25) is 4.79 Å². The van der Waals surface area contributed by atoms with Crippen LogP contribution in [0.4, 0.5) is 10.2 Å². The Bertz CT molecular complexity index is 684. The molecule has 0 bridgehead atoms. The molecule has 7 heteroatoms. The first kappa shape index (κ1) is 19.1. The molecule has 126 valence electrons. The van der Waals surface area contributed by atoms with Crippen LogP contribution in [0, 0.1) is 12.7 Å². The van der Waals surface area contributed by atoms with Crippen LogP contribution >= 0.6 is 12.4 Å². The first-order valence-electron chi connectivity index (χ1n) is 7.26. The maximum atomic E-state index is 13.3. The van der Waals surface area contributed by atoms with Gasteiger partial charge in [-0.15, -0.1) is 17.5 Å². The normalized spacial score (nSPS) is 13.1. The molecule has 0 radical (unpaired) electrons. The molecule has 0 aliphatic carbocycles. The highest BCUT2D eigenvalue weighted by molar-refractivity contribution is 5.96. The third kappa shape index (κ3) is 4.53. The average molecular weight is 341 g/mol. The van der Waals surface area contributed by atoms with Gasteiger partial charge in [0.25, 0.3) is 0 Å². The number of carbonyl (C=O) groups is 1. The molecule has 0 spiro atoms. The van der Waals surface area contributed by atoms with Gasteiger partial charge in [-0.2, -0.15) is 0 Å². The van der Waals surface area contributed by atoms with Crippen LogP contribution in [-0.4, -0.2) is 21.2 Å². The number of rotatable bonds is 5. The Hall–Kier alpha value is -1.92. The smallest absolute Gasteiger partial charge is 0.245 e. The largest absolute Gasteiger partial charge is 0.318 e. The molecule has 2 rings (SSSR count). The fourth-order valence-corrected chi connectivity index (χ4v) is 2.30. The molecule has 0 fully saturated rings. The zero-order valence-electron chi connectivity index (χ0n) is 13.5. The van der Waals surface area contributed by atoms with E-state index in [1.165, 1.54) is 12.1 Å². The number of carbonyl (C=O) groups excluding carboxylic acids is 1. The third-order valence-corrected chi connectivity index (χ3v) is 3.47. The van der Waals surface area contributed by atoms with Crippen molar-refractivity contribution in [3.63, 3.8) is 0 Å². The first-order valence-corrected chi connectivity index (χ1v) is 7.26. The lowest BCUT2D eigenvalue weighted by molar-refractivity contribution is -0.120. The molecule has 0 aliphatic rings. The first-order chi connectivity index (χ1) is 10.3. The number of halogens is 2. The number of nitrogens with zero attached hydrogens (tertiary/aromatic N) is 2. The lowest BCUT2D eigenvalue weighted by atomic mass is 9.97. The van der Waals surface area contributed by atoms with E-state index in [2.05, 4.69) is 10.4 Å². The molecular weight excluding hydrogens is 319 g/mol. The van der Waals surface area contributed by atoms with Crippen LogP contribution in [0.3, 0.4) is 0 Å². The van der Waals surface area contributed by atoms with Crippen molar-refractivity contribution in [1.82, 2.24) is 9.78 Å². The molecule has 3 N–H and O–H groups in total. The van der Waals surface area contributed by atoms with E-state index in [1.54, 1.807) is 29.8 Å². The summed E-state index contributed by atoms with van der Waals surface area (Å²) in [5, 5.41) is 7.02. The molecule has 0 saturated carbocycles. The lowest BCUT2D eigenvalue weighted by Crippen LogP contribution is -2.48. The summed E-state index contributed by atoms with van der Waals surface area (Å²) < 4.78 is 14.9. The molecule has 0 saturated heterocycles. The number of hydrogen-bond acceptors (Lipinski definition) is 3. The van der Waals surface area contributed by atoms with Gasteiger partial charge in [0.1, 0.15) is 5.82 Å². The number of aryl methyl sites for hydroxylation is 1. The highest BCUT2D eigenvalue weighted by atomic mass is 35.5. The van der Waals surface area contributed by atoms with Gasteiger partial charge in [0.2, 0.25) is 5.91 Å². The zero-order chi connectivity index (χ0) is 16.3. The second kappa shape index (κ2) is 7.57. The minimum atomic E-state index is -0.939. The van der Waals surface area contributed by atoms with E-state index in [9.17, 15) is 9.18 Å². The zero-order valence-corrected chi connectivity index (χ0v) is 14.3. The third-order valence-electron chi connectivity index (χ3n) is 3.47. The van der Waals surface area contributed by atoms with Crippen LogP contribution in [0.2, 0.25) is 0 Å². The van der Waals surface area contributed by atoms with Crippen molar-refractivity contribution in [2.24, 2.45) is 5.73 Å². The van der Waals surface area contributed by atoms with Crippen LogP contribution in [-0.2, 0) is 4.79 Å². The summed E-state index contributed by atoms with van der Waals surface area (Å²) in [4.78, 5) is 12.2. The highest BCUT2D eigenvalue weighted by Gasteiger charge is 2.27. The van der Waals surface area contributed by atoms with Gasteiger partial charge in [0.05, 0.1) is 11.2 Å². The predicted octanol–water partition coefficient (Wildman–Crippen LogP) is 3.20. The summed E-state index contributed by atoms with van der Waals surface area (Å²) in [6.45, 7) is 5.50. The van der Waals surface area contributed by atoms with Crippen molar-refractivity contribution in [3.8, 4) is 5.69 Å². The van der Waals surface area contributed by atoms with Crippen LogP contribution in [0.1, 0.15) is 32.4 Å². The van der Waals surface area contributed by atoms with Crippen LogP contribution in [0.5, 0.6) is 0 Å². The summed E-state index contributed by atoms with van der Waals surface area (Å²) >= 11 is 0. The molecule has 2 aromatic rings. The molecule has 1 unspecified atom stereocenters. The molecule has 1 aromatic carbocycles. The van der Waals surface area contributed by atoms with E-state index in [-0.39, 0.29) is 24.1 Å². The summed E-state index contributed by atoms with van der Waals surface area (Å²) in [5.41, 5.74) is 6.45. The van der Waals surface area contributed by atoms with E-state index in [0.29, 0.717) is 17.9 Å². The lowest BCUT2D eigenvalue weighted by Gasteiger charge is -2.21. The Morgan fingerprint density at radius 3 is 2.74 bits per heavy atom. The number of benzene rings is 1. The van der Waals surface area contributed by atoms with Gasteiger partial charge in [-0.25, -0.2) is 9.07 Å². The number of anilines is 1. The minimum absolute atomic E-state index is 0. The summed E-state index contributed by atoms with van der Waals surface area (Å²) in [6, 6.07) is 7.84. The van der Waals surface area contributed by atoms with Crippen LogP contribution < -0.4 is 11.1 Å². The molecule has 23 heavy (non-hydrogen) atoms. The van der Waals surface area contributed by atoms with Crippen molar-refractivity contribution in [2.75, 3.05) is 5.32 Å². The molecule has 1 heterocycles. The topological polar surface area (TPSA) is 72.9 Å². The molecule has 1 atom stereocenters. The van der Waals surface area contributed by atoms with Crippen molar-refractivity contribution >= 4 is 24.1 Å². The maximum absolute atomic E-state index is 13.3. The molecule has 1 aromatic heterocycles. The number of nitrogens with two attached hydrogens (primary N) is 1. The number of amides is 1. The van der Waals surface area contributed by atoms with Gasteiger partial charge < -0.3 is 11.1 Å². The van der Waals surface area contributed by atoms with Crippen molar-refractivity contribution in [1.29, 1.82) is 0 Å². The van der Waals surface area contributed by atoms with Gasteiger partial charge in [-0.05, 0) is 38.5 Å². The summed E-state index contributed by atoms with van der Waals surface area (Å²) in [7, 11) is 0. The van der Waals surface area contributed by atoms with E-state index >= 15 is 0 Å². The highest BCUT2D eigenvalue weighted by Crippen LogP contribution is 2.18. The minimum Gasteiger partial charge on any atom is -0.318 e. The second-order valence-corrected chi connectivity index (χ2v) is 5.68. The van der Waals surface area contributed by atoms with Gasteiger partial charge in [0.15, 0.2) is 5.82 Å². The summed E-state index contributed by atoms with van der Waals surface area (Å²) in [6.07, 6.45) is 1.40. The van der Waals surface area contributed by atoms with Crippen molar-refractivity contribution in [3.05, 3.63) is 41.8 Å². The average Bonchev–Trinajstić information content (AvgIpc) is 2.79. The standard InChI is InChI=1S/C16H21FN4O.ClH/c1-4-8-16(3,18)15(22)19-14-9-11(2)21(20-14)13-7-5-6-12(17)10-13;/h5-7,9-10H,4,8,18H2,1-3H3,(H,19,20,22);1H. The van der Waals surface area contributed by atoms with Gasteiger partial charge >= 0.3 is 0 Å². The fourth-order valence-electron chi connectivity index (χ4n) is 2.30. The Labute approximate surface area is 141 Å². The second-order valence-electron chi connectivity index (χ2n) is 5.68. The SMILES string of the molecule is CCCC(C)(N)C(=O)Nc1cc(C)n(-c2cccc(F)c2)n1.Cl. The molecule has 1 amide bonds. The van der Waals surface area contributed by atoms with Gasteiger partial charge in [-0.1, -0.05) is 19.4 Å². The summed E-state index contributed by atoms with van der Waals surface area (Å²) in [5.74, 6) is -0.215. The fraction of sp³-hybridized carbons (Fsp3) is 0.375. The quantitative estimate of drug-likeness (QED) is 0.877. The molecule has 5 nitrogen and oxygen atoms in total. The van der Waals surface area contributed by atoms with E-state index in [1.807, 2.05) is 13.8 Å². The molecule has 0 aliphatic heterocycles. The van der Waals surface area contributed by atoms with Gasteiger partial charge in [0, 0.05) is 11.8 Å². The Morgan fingerprint density at radius 2 is 2.13 bits per heavy atom. The Balaban J connectivity index is 0.00000264. The number of hydrogen-bond donors (Lipinski definition) is 2. The Kier molecular flexibility index (Phi) is 6.29. The Morgan fingerprint density at radius 1 is 1.43 bits per heavy atom. The monoisotopic (exact) mass is 340 g/mol. The molecular formula is C16H22ClFN4O. The van der Waals surface area contributed by atoms with Crippen molar-refractivity contribution < 1.29 is 9.18 Å². The van der Waals surface area contributed by atoms with Crippen LogP contribution in [0.25, 0.3) is 5.69 Å². The van der Waals surface area contributed by atoms with E-state index in [4.69, 9.17) is 5.73 Å². The van der Waals surface area contributed by atoms with E-state index in [0.717, 1.165) is 12.1 Å².